The summed E-state index contributed by atoms with van der Waals surface area (Å²) in [5.41, 5.74) is 11.4. The van der Waals surface area contributed by atoms with Crippen LogP contribution in [0.4, 0.5) is 0 Å². The number of pyridine rings is 2. The molecule has 0 N–H and O–H groups in total. The van der Waals surface area contributed by atoms with Gasteiger partial charge in [0, 0.05) is 73.8 Å². The maximum atomic E-state index is 4.77. The van der Waals surface area contributed by atoms with Crippen molar-refractivity contribution in [3.05, 3.63) is 344 Å². The zero-order valence-corrected chi connectivity index (χ0v) is 55.4. The first-order chi connectivity index (χ1) is 48.0. The highest BCUT2D eigenvalue weighted by atomic mass is 15.0. The zero-order chi connectivity index (χ0) is 67.2. The third-order valence-electron chi connectivity index (χ3n) is 16.4. The van der Waals surface area contributed by atoms with Crippen molar-refractivity contribution in [1.82, 2.24) is 54.8 Å². The Balaban J connectivity index is 0.000000112. The lowest BCUT2D eigenvalue weighted by Gasteiger charge is -2.09. The molecule has 0 amide bonds. The Morgan fingerprint density at radius 3 is 0.939 bits per heavy atom. The molecule has 18 rings (SSSR count). The summed E-state index contributed by atoms with van der Waals surface area (Å²) in [6, 6.07) is 99.6. The minimum atomic E-state index is 0.705. The van der Waals surface area contributed by atoms with Crippen LogP contribution >= 0.6 is 0 Å². The lowest BCUT2D eigenvalue weighted by atomic mass is 10.0. The molecule has 6 aromatic heterocycles. The van der Waals surface area contributed by atoms with Gasteiger partial charge in [-0.2, -0.15) is 0 Å². The third kappa shape index (κ3) is 16.1. The Kier molecular flexibility index (Phi) is 19.7. The van der Waals surface area contributed by atoms with Crippen LogP contribution in [0.1, 0.15) is 34.7 Å². The molecule has 98 heavy (non-hydrogen) atoms. The quantitative estimate of drug-likeness (QED) is 0.166. The zero-order valence-electron chi connectivity index (χ0n) is 55.4. The number of aromatic nitrogens is 11. The molecule has 18 aromatic rings. The van der Waals surface area contributed by atoms with Crippen LogP contribution in [0, 0.1) is 41.5 Å². The number of aryl methyl sites for hydroxylation is 6. The van der Waals surface area contributed by atoms with E-state index in [-0.39, 0.29) is 0 Å². The van der Waals surface area contributed by atoms with E-state index in [0.29, 0.717) is 11.6 Å². The van der Waals surface area contributed by atoms with Crippen molar-refractivity contribution >= 4 is 86.6 Å². The Labute approximate surface area is 569 Å². The number of hydrogen-bond acceptors (Lipinski definition) is 11. The van der Waals surface area contributed by atoms with E-state index in [1.54, 1.807) is 0 Å². The average Bonchev–Trinajstić information content (AvgIpc) is 0.810. The van der Waals surface area contributed by atoms with Crippen LogP contribution in [0.5, 0.6) is 0 Å². The molecule has 11 heteroatoms. The van der Waals surface area contributed by atoms with Crippen LogP contribution in [-0.4, -0.2) is 54.8 Å². The molecule has 472 valence electrons. The van der Waals surface area contributed by atoms with Crippen molar-refractivity contribution in [1.29, 1.82) is 0 Å². The SMILES string of the molecule is Cc1cc2ccccc2cn1.Cc1ccc2ccccc2n1.Cc1nc(-c2ccc3ccccc3c2)cc(-c2ccc3ccccc3c2)n1.Cc1nc(-c2ccc3ccccc3c2)nc(-c2ccc3ccccc3c2)n1.Cc1ncc2ccccc2n1.Cc1ncc2ccccc2n1. The van der Waals surface area contributed by atoms with E-state index in [1.165, 1.54) is 59.2 Å². The van der Waals surface area contributed by atoms with Crippen molar-refractivity contribution in [2.45, 2.75) is 41.5 Å². The minimum Gasteiger partial charge on any atom is -0.261 e. The first-order valence-electron chi connectivity index (χ1n) is 32.5. The summed E-state index contributed by atoms with van der Waals surface area (Å²) < 4.78 is 0. The van der Waals surface area contributed by atoms with Crippen LogP contribution in [-0.2, 0) is 0 Å². The number of hydrogen-bond donors (Lipinski definition) is 0. The molecular formula is C87H69N11. The van der Waals surface area contributed by atoms with Gasteiger partial charge in [-0.3, -0.25) is 9.97 Å². The number of para-hydroxylation sites is 3. The summed E-state index contributed by atoms with van der Waals surface area (Å²) in [4.78, 5) is 48.6. The van der Waals surface area contributed by atoms with Crippen molar-refractivity contribution in [2.24, 2.45) is 0 Å². The van der Waals surface area contributed by atoms with Gasteiger partial charge in [0.15, 0.2) is 11.6 Å². The van der Waals surface area contributed by atoms with Gasteiger partial charge in [0.1, 0.15) is 23.3 Å². The molecule has 0 saturated carbocycles. The Morgan fingerprint density at radius 2 is 0.500 bits per heavy atom. The summed E-state index contributed by atoms with van der Waals surface area (Å²) in [7, 11) is 0. The smallest absolute Gasteiger partial charge is 0.163 e. The molecule has 0 aliphatic heterocycles. The van der Waals surface area contributed by atoms with Gasteiger partial charge in [0.05, 0.1) is 27.9 Å². The third-order valence-corrected chi connectivity index (χ3v) is 16.4. The summed E-state index contributed by atoms with van der Waals surface area (Å²) in [5.74, 6) is 4.56. The molecule has 0 saturated heterocycles. The largest absolute Gasteiger partial charge is 0.261 e. The fourth-order valence-electron chi connectivity index (χ4n) is 11.4. The minimum absolute atomic E-state index is 0.705. The second kappa shape index (κ2) is 30.1. The number of fused-ring (bicyclic) bond motifs is 8. The lowest BCUT2D eigenvalue weighted by molar-refractivity contribution is 0.992. The van der Waals surface area contributed by atoms with Gasteiger partial charge in [0.25, 0.3) is 0 Å². The summed E-state index contributed by atoms with van der Waals surface area (Å²) in [6.45, 7) is 11.7. The van der Waals surface area contributed by atoms with Gasteiger partial charge in [-0.1, -0.05) is 231 Å². The normalized spacial score (nSPS) is 10.8. The number of benzene rings is 12. The van der Waals surface area contributed by atoms with E-state index >= 15 is 0 Å². The highest BCUT2D eigenvalue weighted by molar-refractivity contribution is 5.91. The second-order valence-corrected chi connectivity index (χ2v) is 23.7. The molecule has 0 radical (unpaired) electrons. The first kappa shape index (κ1) is 64.0. The Bertz CT molecular complexity index is 5130. The molecule has 12 aromatic carbocycles. The van der Waals surface area contributed by atoms with Gasteiger partial charge in [-0.25, -0.2) is 44.9 Å². The van der Waals surface area contributed by atoms with E-state index in [0.717, 1.165) is 95.6 Å². The van der Waals surface area contributed by atoms with Gasteiger partial charge in [0.2, 0.25) is 0 Å². The molecule has 0 aliphatic rings. The van der Waals surface area contributed by atoms with E-state index < -0.39 is 0 Å². The fraction of sp³-hybridized carbons (Fsp3) is 0.0690. The van der Waals surface area contributed by atoms with Crippen molar-refractivity contribution in [3.8, 4) is 45.3 Å². The summed E-state index contributed by atoms with van der Waals surface area (Å²) >= 11 is 0. The predicted molar refractivity (Wildman–Crippen MR) is 405 cm³/mol. The molecule has 11 nitrogen and oxygen atoms in total. The second-order valence-electron chi connectivity index (χ2n) is 23.7. The lowest BCUT2D eigenvalue weighted by Crippen LogP contribution is -1.99. The van der Waals surface area contributed by atoms with Gasteiger partial charge in [-0.15, -0.1) is 0 Å². The van der Waals surface area contributed by atoms with E-state index in [1.807, 2.05) is 169 Å². The van der Waals surface area contributed by atoms with Crippen LogP contribution < -0.4 is 0 Å². The van der Waals surface area contributed by atoms with E-state index in [9.17, 15) is 0 Å². The molecule has 0 spiro atoms. The Hall–Kier alpha value is -12.7. The molecule has 0 unspecified atom stereocenters. The van der Waals surface area contributed by atoms with Crippen molar-refractivity contribution < 1.29 is 0 Å². The summed E-state index contributed by atoms with van der Waals surface area (Å²) in [6.07, 6.45) is 5.60. The van der Waals surface area contributed by atoms with Crippen LogP contribution in [0.3, 0.4) is 0 Å². The predicted octanol–water partition coefficient (Wildman–Crippen LogP) is 21.2. The Morgan fingerprint density at radius 1 is 0.184 bits per heavy atom. The molecular weight excluding hydrogens is 1200 g/mol. The maximum Gasteiger partial charge on any atom is 0.163 e. The molecule has 0 bridgehead atoms. The topological polar surface area (TPSA) is 142 Å². The van der Waals surface area contributed by atoms with Crippen LogP contribution in [0.2, 0.25) is 0 Å². The number of nitrogens with zero attached hydrogens (tertiary/aromatic N) is 11. The standard InChI is InChI=1S/C25H18N2.C24H17N3.2C10H9N.2C9H8N2/c1-17-26-24(22-12-10-18-6-2-4-8-20(18)14-22)16-25(27-17)23-13-11-19-7-3-5-9-21(19)15-23;1-16-25-23(21-12-10-17-6-2-4-8-19(17)14-21)27-24(26-16)22-13-11-18-7-3-5-9-20(18)15-22;1-8-6-9-4-2-3-5-10(9)7-11-8;1-8-6-7-9-4-2-3-5-10(9)11-8;2*1-7-10-6-8-4-2-3-5-9(8)11-7/h2-16H,1H3;2-15H,1H3;2*2-7H,1H3;2*2-6H,1H3. The molecule has 0 atom stereocenters. The fourth-order valence-corrected chi connectivity index (χ4v) is 11.4. The maximum absolute atomic E-state index is 4.77. The van der Waals surface area contributed by atoms with Crippen LogP contribution in [0.15, 0.2) is 310 Å². The van der Waals surface area contributed by atoms with Gasteiger partial charge in [-0.05, 0) is 151 Å². The molecule has 0 fully saturated rings. The monoisotopic (exact) mass is 1270 g/mol. The highest BCUT2D eigenvalue weighted by Gasteiger charge is 2.12. The number of rotatable bonds is 4. The van der Waals surface area contributed by atoms with Crippen molar-refractivity contribution in [3.63, 3.8) is 0 Å². The highest BCUT2D eigenvalue weighted by Crippen LogP contribution is 2.30. The molecule has 0 aliphatic carbocycles. The first-order valence-corrected chi connectivity index (χ1v) is 32.5. The summed E-state index contributed by atoms with van der Waals surface area (Å²) in [5, 5.41) is 15.6. The average molecular weight is 1270 g/mol. The molecule has 6 heterocycles. The van der Waals surface area contributed by atoms with Crippen molar-refractivity contribution in [2.75, 3.05) is 0 Å². The van der Waals surface area contributed by atoms with E-state index in [4.69, 9.17) is 4.98 Å². The van der Waals surface area contributed by atoms with Gasteiger partial charge >= 0.3 is 0 Å². The van der Waals surface area contributed by atoms with E-state index in [2.05, 4.69) is 232 Å². The van der Waals surface area contributed by atoms with Gasteiger partial charge < -0.3 is 0 Å². The van der Waals surface area contributed by atoms with Crippen LogP contribution in [0.25, 0.3) is 132 Å².